The number of nitrogens with one attached hydrogen (secondary N) is 2. The molecule has 29 heavy (non-hydrogen) atoms. The zero-order valence-corrected chi connectivity index (χ0v) is 15.9. The van der Waals surface area contributed by atoms with Crippen molar-refractivity contribution in [2.24, 2.45) is 0 Å². The van der Waals surface area contributed by atoms with E-state index >= 15 is 0 Å². The third kappa shape index (κ3) is 3.43. The molecule has 148 valence electrons. The highest BCUT2D eigenvalue weighted by molar-refractivity contribution is 5.96. The topological polar surface area (TPSA) is 124 Å². The van der Waals surface area contributed by atoms with Gasteiger partial charge in [-0.05, 0) is 31.2 Å². The summed E-state index contributed by atoms with van der Waals surface area (Å²) in [5, 5.41) is 17.5. The predicted molar refractivity (Wildman–Crippen MR) is 109 cm³/mol. The van der Waals surface area contributed by atoms with Crippen molar-refractivity contribution in [3.8, 4) is 11.3 Å². The highest BCUT2D eigenvalue weighted by atomic mass is 16.5. The Morgan fingerprint density at radius 3 is 2.79 bits per heavy atom. The van der Waals surface area contributed by atoms with Crippen LogP contribution in [0, 0.1) is 6.92 Å². The third-order valence-electron chi connectivity index (χ3n) is 4.69. The highest BCUT2D eigenvalue weighted by Crippen LogP contribution is 2.28. The number of benzene rings is 2. The molecule has 9 heteroatoms. The van der Waals surface area contributed by atoms with Crippen LogP contribution in [0.5, 0.6) is 0 Å². The number of carbonyl (C=O) groups is 1. The Labute approximate surface area is 165 Å². The van der Waals surface area contributed by atoms with E-state index in [0.29, 0.717) is 22.1 Å². The van der Waals surface area contributed by atoms with Crippen LogP contribution in [0.25, 0.3) is 33.1 Å². The van der Waals surface area contributed by atoms with Crippen molar-refractivity contribution in [2.45, 2.75) is 6.92 Å². The maximum absolute atomic E-state index is 12.1. The van der Waals surface area contributed by atoms with Crippen molar-refractivity contribution in [3.05, 3.63) is 52.3 Å². The average molecular weight is 393 g/mol. The zero-order chi connectivity index (χ0) is 20.5. The molecule has 0 fully saturated rings. The fourth-order valence-corrected chi connectivity index (χ4v) is 3.25. The second kappa shape index (κ2) is 7.36. The van der Waals surface area contributed by atoms with Gasteiger partial charge in [-0.3, -0.25) is 4.79 Å². The van der Waals surface area contributed by atoms with Gasteiger partial charge in [-0.2, -0.15) is 5.10 Å². The van der Waals surface area contributed by atoms with E-state index in [2.05, 4.69) is 20.2 Å². The number of amides is 1. The molecule has 9 nitrogen and oxygen atoms in total. The lowest BCUT2D eigenvalue weighted by molar-refractivity contribution is 0.186. The molecule has 2 aromatic carbocycles. The van der Waals surface area contributed by atoms with E-state index in [0.717, 1.165) is 21.4 Å². The van der Waals surface area contributed by atoms with E-state index in [1.54, 1.807) is 12.1 Å². The molecular weight excluding hydrogens is 374 g/mol. The maximum atomic E-state index is 12.1. The van der Waals surface area contributed by atoms with Crippen LogP contribution in [0.2, 0.25) is 0 Å². The van der Waals surface area contributed by atoms with E-state index in [-0.39, 0.29) is 24.7 Å². The lowest BCUT2D eigenvalue weighted by Gasteiger charge is -2.14. The van der Waals surface area contributed by atoms with Gasteiger partial charge in [0.25, 0.3) is 5.56 Å². The molecule has 2 aromatic heterocycles. The molecule has 0 bridgehead atoms. The summed E-state index contributed by atoms with van der Waals surface area (Å²) in [6.07, 6.45) is -1.12. The molecule has 2 heterocycles. The van der Waals surface area contributed by atoms with E-state index in [9.17, 15) is 14.7 Å². The first-order valence-electron chi connectivity index (χ1n) is 8.96. The van der Waals surface area contributed by atoms with Crippen LogP contribution < -0.4 is 10.5 Å². The summed E-state index contributed by atoms with van der Waals surface area (Å²) in [6, 6.07) is 11.1. The Bertz CT molecular complexity index is 1280. The number of anilines is 1. The number of methoxy groups -OCH3 is 1. The van der Waals surface area contributed by atoms with Gasteiger partial charge in [0.15, 0.2) is 0 Å². The van der Waals surface area contributed by atoms with Gasteiger partial charge in [-0.1, -0.05) is 17.7 Å². The molecule has 0 radical (unpaired) electrons. The smallest absolute Gasteiger partial charge is 0.414 e. The van der Waals surface area contributed by atoms with Crippen LogP contribution in [0.3, 0.4) is 0 Å². The van der Waals surface area contributed by atoms with Gasteiger partial charge >= 0.3 is 6.09 Å². The second-order valence-electron chi connectivity index (χ2n) is 6.67. The van der Waals surface area contributed by atoms with Gasteiger partial charge in [-0.15, -0.1) is 0 Å². The number of hydrogen-bond donors (Lipinski definition) is 3. The van der Waals surface area contributed by atoms with Crippen molar-refractivity contribution in [2.75, 3.05) is 25.2 Å². The molecule has 1 amide bonds. The predicted octanol–water partition coefficient (Wildman–Crippen LogP) is 2.91. The highest BCUT2D eigenvalue weighted by Gasteiger charge is 2.18. The molecule has 0 saturated carbocycles. The Balaban J connectivity index is 1.82. The number of imidazole rings is 1. The fourth-order valence-electron chi connectivity index (χ4n) is 3.25. The standard InChI is InChI=1S/C20H19N5O4/c1-11-3-5-13-14(9-11)17(23-24-18(13)26)12-4-6-15-16(10-12)22-19(21-15)25(20(27)28)7-8-29-2/h3-6,9-10H,7-8H2,1-2H3,(H,21,22)(H,24,26)(H,27,28). The molecular formula is C20H19N5O4. The minimum Gasteiger partial charge on any atom is -0.465 e. The lowest BCUT2D eigenvalue weighted by Crippen LogP contribution is -2.33. The third-order valence-corrected chi connectivity index (χ3v) is 4.69. The Kier molecular flexibility index (Phi) is 4.73. The van der Waals surface area contributed by atoms with Gasteiger partial charge in [0.05, 0.1) is 35.3 Å². The first-order valence-corrected chi connectivity index (χ1v) is 8.96. The van der Waals surface area contributed by atoms with Gasteiger partial charge < -0.3 is 14.8 Å². The number of H-pyrrole nitrogens is 2. The first-order chi connectivity index (χ1) is 14.0. The summed E-state index contributed by atoms with van der Waals surface area (Å²) in [5.41, 5.74) is 3.47. The normalized spacial score (nSPS) is 11.2. The van der Waals surface area contributed by atoms with Gasteiger partial charge in [0, 0.05) is 18.1 Å². The van der Waals surface area contributed by atoms with E-state index in [1.165, 1.54) is 7.11 Å². The number of hydrogen-bond acceptors (Lipinski definition) is 5. The second-order valence-corrected chi connectivity index (χ2v) is 6.67. The van der Waals surface area contributed by atoms with E-state index in [4.69, 9.17) is 4.74 Å². The van der Waals surface area contributed by atoms with Crippen LogP contribution in [0.4, 0.5) is 10.7 Å². The summed E-state index contributed by atoms with van der Waals surface area (Å²) < 4.78 is 4.97. The zero-order valence-electron chi connectivity index (χ0n) is 15.9. The van der Waals surface area contributed by atoms with Crippen LogP contribution in [-0.4, -0.2) is 51.6 Å². The number of nitrogens with zero attached hydrogens (tertiary/aromatic N) is 3. The molecule has 0 aliphatic carbocycles. The van der Waals surface area contributed by atoms with Crippen LogP contribution >= 0.6 is 0 Å². The Morgan fingerprint density at radius 2 is 2.03 bits per heavy atom. The average Bonchev–Trinajstić information content (AvgIpc) is 3.11. The van der Waals surface area contributed by atoms with E-state index < -0.39 is 6.09 Å². The van der Waals surface area contributed by atoms with Gasteiger partial charge in [-0.25, -0.2) is 19.8 Å². The summed E-state index contributed by atoms with van der Waals surface area (Å²) in [5.74, 6) is 0.219. The van der Waals surface area contributed by atoms with Crippen LogP contribution in [0.1, 0.15) is 5.56 Å². The number of aromatic amines is 2. The number of aryl methyl sites for hydroxylation is 1. The molecule has 0 spiro atoms. The van der Waals surface area contributed by atoms with Crippen molar-refractivity contribution < 1.29 is 14.6 Å². The largest absolute Gasteiger partial charge is 0.465 e. The quantitative estimate of drug-likeness (QED) is 0.479. The molecule has 4 aromatic rings. The number of ether oxygens (including phenoxy) is 1. The van der Waals surface area contributed by atoms with Gasteiger partial charge in [0.2, 0.25) is 5.95 Å². The summed E-state index contributed by atoms with van der Waals surface area (Å²) in [4.78, 5) is 32.2. The number of fused-ring (bicyclic) bond motifs is 2. The Hall–Kier alpha value is -3.72. The Morgan fingerprint density at radius 1 is 1.21 bits per heavy atom. The number of carboxylic acid groups (broad SMARTS) is 1. The van der Waals surface area contributed by atoms with Crippen molar-refractivity contribution in [3.63, 3.8) is 0 Å². The lowest BCUT2D eigenvalue weighted by atomic mass is 10.0. The maximum Gasteiger partial charge on any atom is 0.414 e. The fraction of sp³-hybridized carbons (Fsp3) is 0.200. The minimum atomic E-state index is -1.12. The van der Waals surface area contributed by atoms with Crippen molar-refractivity contribution in [1.29, 1.82) is 0 Å². The van der Waals surface area contributed by atoms with Gasteiger partial charge in [0.1, 0.15) is 0 Å². The summed E-state index contributed by atoms with van der Waals surface area (Å²) >= 11 is 0. The molecule has 0 unspecified atom stereocenters. The van der Waals surface area contributed by atoms with Crippen LogP contribution in [0.15, 0.2) is 41.2 Å². The molecule has 3 N–H and O–H groups in total. The molecule has 0 aliphatic rings. The SMILES string of the molecule is COCCN(C(=O)O)c1nc2ccc(-c3n[nH]c(=O)c4ccc(C)cc34)cc2[nH]1. The molecule has 0 saturated heterocycles. The minimum absolute atomic E-state index is 0.157. The summed E-state index contributed by atoms with van der Waals surface area (Å²) in [6.45, 7) is 2.36. The van der Waals surface area contributed by atoms with Crippen LogP contribution in [-0.2, 0) is 4.74 Å². The summed E-state index contributed by atoms with van der Waals surface area (Å²) in [7, 11) is 1.51. The molecule has 0 aliphatic heterocycles. The van der Waals surface area contributed by atoms with Crippen molar-refractivity contribution >= 4 is 33.8 Å². The molecule has 0 atom stereocenters. The molecule has 4 rings (SSSR count). The van der Waals surface area contributed by atoms with E-state index in [1.807, 2.05) is 31.2 Å². The first kappa shape index (κ1) is 18.6. The number of aromatic nitrogens is 4. The number of rotatable bonds is 5. The monoisotopic (exact) mass is 393 g/mol. The van der Waals surface area contributed by atoms with Crippen molar-refractivity contribution in [1.82, 2.24) is 20.2 Å².